The summed E-state index contributed by atoms with van der Waals surface area (Å²) >= 11 is 0. The van der Waals surface area contributed by atoms with Gasteiger partial charge in [-0.2, -0.15) is 0 Å². The minimum atomic E-state index is -0.589. The van der Waals surface area contributed by atoms with E-state index in [1.54, 1.807) is 12.1 Å². The molecule has 0 amide bonds. The van der Waals surface area contributed by atoms with Crippen molar-refractivity contribution in [2.24, 2.45) is 11.7 Å². The number of nitrogens with two attached hydrogens (primary N) is 1. The molecule has 76 valence electrons. The van der Waals surface area contributed by atoms with E-state index in [4.69, 9.17) is 5.73 Å². The molecule has 0 spiro atoms. The molecule has 1 aromatic carbocycles. The Morgan fingerprint density at radius 1 is 1.50 bits per heavy atom. The summed E-state index contributed by atoms with van der Waals surface area (Å²) in [7, 11) is 0. The van der Waals surface area contributed by atoms with Crippen LogP contribution in [-0.2, 0) is 0 Å². The Labute approximate surface area is 82.5 Å². The Bertz CT molecular complexity index is 336. The summed E-state index contributed by atoms with van der Waals surface area (Å²) in [5, 5.41) is 9.45. The van der Waals surface area contributed by atoms with Crippen LogP contribution >= 0.6 is 0 Å². The molecule has 0 saturated heterocycles. The van der Waals surface area contributed by atoms with Crippen LogP contribution in [0.5, 0.6) is 5.75 Å². The minimum absolute atomic E-state index is 0.238. The second-order valence-corrected chi connectivity index (χ2v) is 3.96. The molecule has 2 rings (SSSR count). The van der Waals surface area contributed by atoms with Gasteiger partial charge in [0.1, 0.15) is 0 Å². The van der Waals surface area contributed by atoms with Crippen LogP contribution in [0.1, 0.15) is 30.9 Å². The Balaban J connectivity index is 2.16. The zero-order valence-corrected chi connectivity index (χ0v) is 7.91. The van der Waals surface area contributed by atoms with E-state index in [-0.39, 0.29) is 11.8 Å². The number of para-hydroxylation sites is 1. The van der Waals surface area contributed by atoms with E-state index in [0.717, 1.165) is 6.42 Å². The average molecular weight is 195 g/mol. The van der Waals surface area contributed by atoms with Crippen molar-refractivity contribution in [1.82, 2.24) is 0 Å². The number of halogens is 1. The monoisotopic (exact) mass is 195 g/mol. The molecule has 1 saturated carbocycles. The molecule has 0 aliphatic heterocycles. The second kappa shape index (κ2) is 3.58. The van der Waals surface area contributed by atoms with E-state index in [9.17, 15) is 9.50 Å². The first kappa shape index (κ1) is 9.46. The first-order valence-electron chi connectivity index (χ1n) is 4.91. The van der Waals surface area contributed by atoms with Gasteiger partial charge in [-0.1, -0.05) is 25.0 Å². The Kier molecular flexibility index (Phi) is 2.42. The molecule has 0 aromatic heterocycles. The first-order valence-corrected chi connectivity index (χ1v) is 4.91. The van der Waals surface area contributed by atoms with E-state index >= 15 is 0 Å². The van der Waals surface area contributed by atoms with Crippen LogP contribution in [0.2, 0.25) is 0 Å². The van der Waals surface area contributed by atoms with Crippen LogP contribution in [-0.4, -0.2) is 5.11 Å². The standard InChI is InChI=1S/C11H14FNO/c12-9-3-1-2-8(11(9)14)10(13)6-7-4-5-7/h1-3,7,10,14H,4-6,13H2. The van der Waals surface area contributed by atoms with Gasteiger partial charge in [0.25, 0.3) is 0 Å². The van der Waals surface area contributed by atoms with Gasteiger partial charge in [0.15, 0.2) is 11.6 Å². The SMILES string of the molecule is NC(CC1CC1)c1cccc(F)c1O. The zero-order chi connectivity index (χ0) is 10.1. The van der Waals surface area contributed by atoms with Crippen molar-refractivity contribution in [2.45, 2.75) is 25.3 Å². The van der Waals surface area contributed by atoms with Crippen LogP contribution < -0.4 is 5.73 Å². The van der Waals surface area contributed by atoms with Gasteiger partial charge in [-0.3, -0.25) is 0 Å². The summed E-state index contributed by atoms with van der Waals surface area (Å²) in [6.07, 6.45) is 3.27. The molecular weight excluding hydrogens is 181 g/mol. The molecule has 3 heteroatoms. The number of aromatic hydroxyl groups is 1. The molecule has 1 atom stereocenters. The lowest BCUT2D eigenvalue weighted by molar-refractivity contribution is 0.417. The molecule has 0 bridgehead atoms. The van der Waals surface area contributed by atoms with Crippen LogP contribution in [0.25, 0.3) is 0 Å². The third-order valence-corrected chi connectivity index (χ3v) is 2.70. The van der Waals surface area contributed by atoms with Gasteiger partial charge in [0, 0.05) is 11.6 Å². The second-order valence-electron chi connectivity index (χ2n) is 3.96. The smallest absolute Gasteiger partial charge is 0.165 e. The van der Waals surface area contributed by atoms with Gasteiger partial charge >= 0.3 is 0 Å². The highest BCUT2D eigenvalue weighted by atomic mass is 19.1. The van der Waals surface area contributed by atoms with Crippen molar-refractivity contribution in [3.05, 3.63) is 29.6 Å². The molecule has 3 N–H and O–H groups in total. The third-order valence-electron chi connectivity index (χ3n) is 2.70. The predicted molar refractivity (Wildman–Crippen MR) is 52.3 cm³/mol. The molecule has 2 nitrogen and oxygen atoms in total. The highest BCUT2D eigenvalue weighted by molar-refractivity contribution is 5.35. The summed E-state index contributed by atoms with van der Waals surface area (Å²) in [5.41, 5.74) is 6.40. The maximum atomic E-state index is 13.0. The summed E-state index contributed by atoms with van der Waals surface area (Å²) in [4.78, 5) is 0. The summed E-state index contributed by atoms with van der Waals surface area (Å²) in [6, 6.07) is 4.27. The molecule has 1 aliphatic rings. The molecule has 0 heterocycles. The van der Waals surface area contributed by atoms with Crippen LogP contribution in [0.15, 0.2) is 18.2 Å². The van der Waals surface area contributed by atoms with E-state index in [2.05, 4.69) is 0 Å². The van der Waals surface area contributed by atoms with Crippen molar-refractivity contribution < 1.29 is 9.50 Å². The number of hydrogen-bond acceptors (Lipinski definition) is 2. The van der Waals surface area contributed by atoms with Crippen molar-refractivity contribution in [3.8, 4) is 5.75 Å². The number of rotatable bonds is 3. The lowest BCUT2D eigenvalue weighted by Crippen LogP contribution is -2.11. The van der Waals surface area contributed by atoms with Gasteiger partial charge in [0.05, 0.1) is 0 Å². The number of phenols is 1. The van der Waals surface area contributed by atoms with Gasteiger partial charge < -0.3 is 10.8 Å². The molecule has 1 aromatic rings. The number of benzene rings is 1. The fourth-order valence-electron chi connectivity index (χ4n) is 1.67. The summed E-state index contributed by atoms with van der Waals surface area (Å²) < 4.78 is 13.0. The highest BCUT2D eigenvalue weighted by Gasteiger charge is 2.25. The van der Waals surface area contributed by atoms with Crippen LogP contribution in [0.3, 0.4) is 0 Å². The van der Waals surface area contributed by atoms with Crippen LogP contribution in [0.4, 0.5) is 4.39 Å². The maximum Gasteiger partial charge on any atom is 0.165 e. The Morgan fingerprint density at radius 2 is 2.21 bits per heavy atom. The first-order chi connectivity index (χ1) is 6.68. The van der Waals surface area contributed by atoms with E-state index < -0.39 is 5.82 Å². The summed E-state index contributed by atoms with van der Waals surface area (Å²) in [6.45, 7) is 0. The Hall–Kier alpha value is -1.09. The van der Waals surface area contributed by atoms with Crippen molar-refractivity contribution in [2.75, 3.05) is 0 Å². The van der Waals surface area contributed by atoms with Gasteiger partial charge in [-0.05, 0) is 18.4 Å². The molecular formula is C11H14FNO. The largest absolute Gasteiger partial charge is 0.505 e. The quantitative estimate of drug-likeness (QED) is 0.777. The van der Waals surface area contributed by atoms with Crippen molar-refractivity contribution in [1.29, 1.82) is 0 Å². The molecule has 1 aliphatic carbocycles. The molecule has 0 radical (unpaired) electrons. The fraction of sp³-hybridized carbons (Fsp3) is 0.455. The number of hydrogen-bond donors (Lipinski definition) is 2. The van der Waals surface area contributed by atoms with Crippen molar-refractivity contribution in [3.63, 3.8) is 0 Å². The van der Waals surface area contributed by atoms with E-state index in [1.807, 2.05) is 0 Å². The zero-order valence-electron chi connectivity index (χ0n) is 7.91. The van der Waals surface area contributed by atoms with E-state index in [1.165, 1.54) is 18.9 Å². The topological polar surface area (TPSA) is 46.2 Å². The normalized spacial score (nSPS) is 18.1. The summed E-state index contributed by atoms with van der Waals surface area (Å²) in [5.74, 6) is -0.206. The highest BCUT2D eigenvalue weighted by Crippen LogP contribution is 2.38. The molecule has 1 fully saturated rings. The third kappa shape index (κ3) is 1.87. The maximum absolute atomic E-state index is 13.0. The minimum Gasteiger partial charge on any atom is -0.505 e. The average Bonchev–Trinajstić information content (AvgIpc) is 2.93. The predicted octanol–water partition coefficient (Wildman–Crippen LogP) is 2.33. The molecule has 1 unspecified atom stereocenters. The lowest BCUT2D eigenvalue weighted by atomic mass is 10.0. The molecule has 14 heavy (non-hydrogen) atoms. The lowest BCUT2D eigenvalue weighted by Gasteiger charge is -2.13. The Morgan fingerprint density at radius 3 is 2.86 bits per heavy atom. The number of phenolic OH excluding ortho intramolecular Hbond substituents is 1. The van der Waals surface area contributed by atoms with Gasteiger partial charge in [-0.25, -0.2) is 4.39 Å². The van der Waals surface area contributed by atoms with Crippen LogP contribution in [0, 0.1) is 11.7 Å². The van der Waals surface area contributed by atoms with Gasteiger partial charge in [0.2, 0.25) is 0 Å². The van der Waals surface area contributed by atoms with Gasteiger partial charge in [-0.15, -0.1) is 0 Å². The van der Waals surface area contributed by atoms with E-state index in [0.29, 0.717) is 11.5 Å². The fourth-order valence-corrected chi connectivity index (χ4v) is 1.67. The van der Waals surface area contributed by atoms with Crippen molar-refractivity contribution >= 4 is 0 Å².